The first kappa shape index (κ1) is 11.0. The van der Waals surface area contributed by atoms with Gasteiger partial charge in [-0.3, -0.25) is 0 Å². The van der Waals surface area contributed by atoms with E-state index in [1.807, 2.05) is 29.2 Å². The van der Waals surface area contributed by atoms with Gasteiger partial charge in [-0.1, -0.05) is 18.2 Å². The second kappa shape index (κ2) is 3.95. The lowest BCUT2D eigenvalue weighted by atomic mass is 9.99. The van der Waals surface area contributed by atoms with E-state index in [2.05, 4.69) is 5.32 Å². The number of benzene rings is 1. The lowest BCUT2D eigenvalue weighted by Gasteiger charge is -2.38. The van der Waals surface area contributed by atoms with Crippen molar-refractivity contribution >= 4 is 5.69 Å². The Kier molecular flexibility index (Phi) is 2.54. The van der Waals surface area contributed by atoms with Crippen molar-refractivity contribution in [2.75, 3.05) is 24.5 Å². The zero-order chi connectivity index (χ0) is 11.9. The van der Waals surface area contributed by atoms with Crippen molar-refractivity contribution in [3.63, 3.8) is 0 Å². The van der Waals surface area contributed by atoms with Crippen LogP contribution >= 0.6 is 0 Å². The summed E-state index contributed by atoms with van der Waals surface area (Å²) in [5.74, 6) is -2.62. The molecule has 1 aromatic carbocycles. The molecule has 92 valence electrons. The Labute approximate surface area is 99.6 Å². The lowest BCUT2D eigenvalue weighted by Crippen LogP contribution is -2.49. The molecule has 0 radical (unpaired) electrons. The minimum Gasteiger partial charge on any atom is -0.361 e. The van der Waals surface area contributed by atoms with E-state index in [0.29, 0.717) is 6.54 Å². The fourth-order valence-corrected chi connectivity index (χ4v) is 2.87. The highest BCUT2D eigenvalue weighted by Crippen LogP contribution is 2.34. The van der Waals surface area contributed by atoms with Gasteiger partial charge >= 0.3 is 0 Å². The molecule has 1 aromatic rings. The highest BCUT2D eigenvalue weighted by molar-refractivity contribution is 5.56. The normalized spacial score (nSPS) is 26.9. The number of alkyl halides is 2. The molecule has 2 nitrogen and oxygen atoms in total. The van der Waals surface area contributed by atoms with Gasteiger partial charge in [-0.25, -0.2) is 8.78 Å². The van der Waals surface area contributed by atoms with Gasteiger partial charge in [0.15, 0.2) is 0 Å². The zero-order valence-corrected chi connectivity index (χ0v) is 9.63. The van der Waals surface area contributed by atoms with E-state index < -0.39 is 12.0 Å². The lowest BCUT2D eigenvalue weighted by molar-refractivity contribution is 0.00523. The van der Waals surface area contributed by atoms with E-state index in [0.717, 1.165) is 25.1 Å². The van der Waals surface area contributed by atoms with Gasteiger partial charge in [0.05, 0.1) is 6.54 Å². The summed E-state index contributed by atoms with van der Waals surface area (Å²) in [5, 5.41) is 2.80. The number of fused-ring (bicyclic) bond motifs is 1. The first-order chi connectivity index (χ1) is 8.18. The minimum atomic E-state index is -2.62. The van der Waals surface area contributed by atoms with Crippen molar-refractivity contribution in [3.05, 3.63) is 29.8 Å². The van der Waals surface area contributed by atoms with Gasteiger partial charge in [-0.2, -0.15) is 0 Å². The third-order valence-corrected chi connectivity index (χ3v) is 3.71. The quantitative estimate of drug-likeness (QED) is 0.805. The summed E-state index contributed by atoms with van der Waals surface area (Å²) in [5.41, 5.74) is 2.19. The molecule has 0 saturated carbocycles. The van der Waals surface area contributed by atoms with Crippen molar-refractivity contribution < 1.29 is 8.78 Å². The molecular weight excluding hydrogens is 222 g/mol. The van der Waals surface area contributed by atoms with Crippen LogP contribution in [0.1, 0.15) is 12.0 Å². The van der Waals surface area contributed by atoms with Crippen molar-refractivity contribution in [1.82, 2.24) is 5.32 Å². The molecule has 1 fully saturated rings. The predicted octanol–water partition coefficient (Wildman–Crippen LogP) is 2.05. The molecule has 17 heavy (non-hydrogen) atoms. The van der Waals surface area contributed by atoms with Crippen molar-refractivity contribution in [3.8, 4) is 0 Å². The second-order valence-corrected chi connectivity index (χ2v) is 4.83. The van der Waals surface area contributed by atoms with E-state index in [4.69, 9.17) is 0 Å². The van der Waals surface area contributed by atoms with Crippen LogP contribution < -0.4 is 10.2 Å². The summed E-state index contributed by atoms with van der Waals surface area (Å²) >= 11 is 0. The number of hydrogen-bond donors (Lipinski definition) is 1. The van der Waals surface area contributed by atoms with E-state index >= 15 is 0 Å². The fourth-order valence-electron chi connectivity index (χ4n) is 2.87. The highest BCUT2D eigenvalue weighted by Gasteiger charge is 2.47. The number of nitrogens with zero attached hydrogens (tertiary/aromatic N) is 1. The Hall–Kier alpha value is -1.16. The van der Waals surface area contributed by atoms with Gasteiger partial charge in [-0.15, -0.1) is 0 Å². The number of nitrogens with one attached hydrogen (secondary N) is 1. The first-order valence-electron chi connectivity index (χ1n) is 6.11. The van der Waals surface area contributed by atoms with Gasteiger partial charge in [-0.05, 0) is 24.5 Å². The predicted molar refractivity (Wildman–Crippen MR) is 63.7 cm³/mol. The van der Waals surface area contributed by atoms with Crippen LogP contribution in [-0.2, 0) is 6.42 Å². The fraction of sp³-hybridized carbons (Fsp3) is 0.538. The van der Waals surface area contributed by atoms with Crippen LogP contribution in [-0.4, -0.2) is 31.6 Å². The standard InChI is InChI=1S/C13H16F2N2/c14-13(15)9-16-8-12(13)17-7-3-5-10-4-1-2-6-11(10)17/h1-2,4,6,12,16H,3,5,7-9H2. The molecule has 4 heteroatoms. The summed E-state index contributed by atoms with van der Waals surface area (Å²) < 4.78 is 27.6. The molecule has 0 aromatic heterocycles. The Morgan fingerprint density at radius 2 is 2.12 bits per heavy atom. The van der Waals surface area contributed by atoms with Gasteiger partial charge in [0.2, 0.25) is 0 Å². The Balaban J connectivity index is 1.95. The maximum absolute atomic E-state index is 13.8. The monoisotopic (exact) mass is 238 g/mol. The highest BCUT2D eigenvalue weighted by atomic mass is 19.3. The molecule has 1 N–H and O–H groups in total. The Morgan fingerprint density at radius 1 is 1.29 bits per heavy atom. The molecule has 2 aliphatic rings. The van der Waals surface area contributed by atoms with Gasteiger partial charge in [0.1, 0.15) is 6.04 Å². The van der Waals surface area contributed by atoms with Crippen LogP contribution in [0.4, 0.5) is 14.5 Å². The maximum atomic E-state index is 13.8. The summed E-state index contributed by atoms with van der Waals surface area (Å²) in [6.07, 6.45) is 1.96. The SMILES string of the molecule is FC1(F)CNCC1N1CCCc2ccccc21. The largest absolute Gasteiger partial charge is 0.361 e. The number of para-hydroxylation sites is 1. The van der Waals surface area contributed by atoms with Crippen molar-refractivity contribution in [2.45, 2.75) is 24.8 Å². The van der Waals surface area contributed by atoms with Gasteiger partial charge in [0, 0.05) is 18.8 Å². The molecular formula is C13H16F2N2. The molecule has 0 bridgehead atoms. The first-order valence-corrected chi connectivity index (χ1v) is 6.11. The summed E-state index contributed by atoms with van der Waals surface area (Å²) in [7, 11) is 0. The zero-order valence-electron chi connectivity index (χ0n) is 9.63. The van der Waals surface area contributed by atoms with E-state index in [9.17, 15) is 8.78 Å². The smallest absolute Gasteiger partial charge is 0.281 e. The average Bonchev–Trinajstić information content (AvgIpc) is 2.68. The molecule has 2 heterocycles. The number of hydrogen-bond acceptors (Lipinski definition) is 2. The van der Waals surface area contributed by atoms with Crippen LogP contribution in [0.3, 0.4) is 0 Å². The molecule has 1 unspecified atom stereocenters. The van der Waals surface area contributed by atoms with E-state index in [1.54, 1.807) is 0 Å². The molecule has 3 rings (SSSR count). The summed E-state index contributed by atoms with van der Waals surface area (Å²) in [6, 6.07) is 7.22. The average molecular weight is 238 g/mol. The number of halogens is 2. The maximum Gasteiger partial charge on any atom is 0.281 e. The number of rotatable bonds is 1. The van der Waals surface area contributed by atoms with Crippen LogP contribution in [0, 0.1) is 0 Å². The van der Waals surface area contributed by atoms with Gasteiger partial charge < -0.3 is 10.2 Å². The van der Waals surface area contributed by atoms with Crippen LogP contribution in [0.5, 0.6) is 0 Å². The second-order valence-electron chi connectivity index (χ2n) is 4.83. The van der Waals surface area contributed by atoms with Crippen molar-refractivity contribution in [1.29, 1.82) is 0 Å². The van der Waals surface area contributed by atoms with Crippen molar-refractivity contribution in [2.24, 2.45) is 0 Å². The topological polar surface area (TPSA) is 15.3 Å². The molecule has 2 aliphatic heterocycles. The molecule has 0 spiro atoms. The number of anilines is 1. The van der Waals surface area contributed by atoms with Crippen LogP contribution in [0.15, 0.2) is 24.3 Å². The molecule has 0 aliphatic carbocycles. The van der Waals surface area contributed by atoms with Crippen LogP contribution in [0.25, 0.3) is 0 Å². The Bertz CT molecular complexity index is 420. The van der Waals surface area contributed by atoms with E-state index in [1.165, 1.54) is 5.56 Å². The molecule has 0 amide bonds. The number of aryl methyl sites for hydroxylation is 1. The molecule has 1 saturated heterocycles. The third-order valence-electron chi connectivity index (χ3n) is 3.71. The van der Waals surface area contributed by atoms with E-state index in [-0.39, 0.29) is 6.54 Å². The van der Waals surface area contributed by atoms with Gasteiger partial charge in [0.25, 0.3) is 5.92 Å². The minimum absolute atomic E-state index is 0.198. The molecule has 1 atom stereocenters. The summed E-state index contributed by atoms with van der Waals surface area (Å²) in [4.78, 5) is 1.89. The third kappa shape index (κ3) is 1.80. The Morgan fingerprint density at radius 3 is 2.88 bits per heavy atom. The van der Waals surface area contributed by atoms with Crippen LogP contribution in [0.2, 0.25) is 0 Å². The summed E-state index contributed by atoms with van der Waals surface area (Å²) in [6.45, 7) is 0.913.